The van der Waals surface area contributed by atoms with Crippen molar-refractivity contribution < 1.29 is 19.7 Å². The van der Waals surface area contributed by atoms with Crippen molar-refractivity contribution in [3.05, 3.63) is 23.8 Å². The van der Waals surface area contributed by atoms with Gasteiger partial charge in [0.2, 0.25) is 0 Å². The van der Waals surface area contributed by atoms with E-state index in [0.29, 0.717) is 24.3 Å². The number of ether oxygens (including phenoxy) is 1. The lowest BCUT2D eigenvalue weighted by Crippen LogP contribution is -2.28. The largest absolute Gasteiger partial charge is 0.504 e. The van der Waals surface area contributed by atoms with E-state index in [0.717, 1.165) is 0 Å². The molecule has 0 aliphatic heterocycles. The average molecular weight is 239 g/mol. The number of nitrogens with zero attached hydrogens (tertiary/aromatic N) is 1. The van der Waals surface area contributed by atoms with Crippen LogP contribution >= 0.6 is 0 Å². The molecule has 0 bridgehead atoms. The highest BCUT2D eigenvalue weighted by molar-refractivity contribution is 5.94. The number of carbonyl (C=O) groups is 1. The summed E-state index contributed by atoms with van der Waals surface area (Å²) in [7, 11) is 3.10. The number of aromatic hydroxyl groups is 1. The molecule has 0 aromatic heterocycles. The summed E-state index contributed by atoms with van der Waals surface area (Å²) in [6.07, 6.45) is 0.532. The predicted octanol–water partition coefficient (Wildman–Crippen LogP) is 0.855. The van der Waals surface area contributed by atoms with Crippen LogP contribution in [-0.4, -0.2) is 48.3 Å². The molecule has 17 heavy (non-hydrogen) atoms. The first-order valence-corrected chi connectivity index (χ1v) is 5.33. The van der Waals surface area contributed by atoms with Crippen molar-refractivity contribution in [3.63, 3.8) is 0 Å². The summed E-state index contributed by atoms with van der Waals surface area (Å²) in [6, 6.07) is 4.51. The predicted molar refractivity (Wildman–Crippen MR) is 63.3 cm³/mol. The molecule has 0 saturated heterocycles. The van der Waals surface area contributed by atoms with Crippen LogP contribution in [0.5, 0.6) is 11.5 Å². The Morgan fingerprint density at radius 3 is 2.71 bits per heavy atom. The summed E-state index contributed by atoms with van der Waals surface area (Å²) in [5.41, 5.74) is 0.392. The van der Waals surface area contributed by atoms with Gasteiger partial charge in [0.15, 0.2) is 11.5 Å². The number of amides is 1. The molecular formula is C12H17NO4. The molecule has 0 saturated carbocycles. The Morgan fingerprint density at radius 1 is 1.47 bits per heavy atom. The number of methoxy groups -OCH3 is 1. The van der Waals surface area contributed by atoms with Crippen molar-refractivity contribution in [2.45, 2.75) is 6.42 Å². The molecule has 0 atom stereocenters. The van der Waals surface area contributed by atoms with E-state index in [-0.39, 0.29) is 18.3 Å². The monoisotopic (exact) mass is 239 g/mol. The van der Waals surface area contributed by atoms with Gasteiger partial charge in [-0.25, -0.2) is 0 Å². The van der Waals surface area contributed by atoms with E-state index >= 15 is 0 Å². The quantitative estimate of drug-likeness (QED) is 0.799. The SMILES string of the molecule is COc1ccc(C(=O)N(C)CCCO)cc1O. The van der Waals surface area contributed by atoms with Gasteiger partial charge in [0, 0.05) is 25.8 Å². The van der Waals surface area contributed by atoms with Crippen molar-refractivity contribution in [3.8, 4) is 11.5 Å². The minimum atomic E-state index is -0.198. The average Bonchev–Trinajstić information content (AvgIpc) is 2.34. The number of hydrogen-bond acceptors (Lipinski definition) is 4. The Morgan fingerprint density at radius 2 is 2.18 bits per heavy atom. The second-order valence-electron chi connectivity index (χ2n) is 3.69. The first kappa shape index (κ1) is 13.3. The maximum Gasteiger partial charge on any atom is 0.253 e. The van der Waals surface area contributed by atoms with E-state index in [2.05, 4.69) is 0 Å². The highest BCUT2D eigenvalue weighted by Crippen LogP contribution is 2.26. The Balaban J connectivity index is 2.78. The van der Waals surface area contributed by atoms with Crippen LogP contribution in [0.15, 0.2) is 18.2 Å². The molecular weight excluding hydrogens is 222 g/mol. The second kappa shape index (κ2) is 6.10. The zero-order valence-corrected chi connectivity index (χ0v) is 10.0. The van der Waals surface area contributed by atoms with E-state index in [1.165, 1.54) is 18.1 Å². The van der Waals surface area contributed by atoms with Crippen molar-refractivity contribution in [1.82, 2.24) is 4.90 Å². The summed E-state index contributed by atoms with van der Waals surface area (Å²) >= 11 is 0. The second-order valence-corrected chi connectivity index (χ2v) is 3.69. The molecule has 0 spiro atoms. The van der Waals surface area contributed by atoms with Gasteiger partial charge in [0.1, 0.15) is 0 Å². The number of benzene rings is 1. The first-order valence-electron chi connectivity index (χ1n) is 5.33. The van der Waals surface area contributed by atoms with Crippen LogP contribution < -0.4 is 4.74 Å². The maximum absolute atomic E-state index is 11.9. The Kier molecular flexibility index (Phi) is 4.78. The molecule has 94 valence electrons. The molecule has 1 rings (SSSR count). The van der Waals surface area contributed by atoms with E-state index in [1.807, 2.05) is 0 Å². The zero-order chi connectivity index (χ0) is 12.8. The molecule has 0 aliphatic carbocycles. The zero-order valence-electron chi connectivity index (χ0n) is 10.0. The van der Waals surface area contributed by atoms with Gasteiger partial charge >= 0.3 is 0 Å². The fourth-order valence-corrected chi connectivity index (χ4v) is 1.45. The molecule has 0 fully saturated rings. The minimum absolute atomic E-state index is 0.0471. The van der Waals surface area contributed by atoms with E-state index < -0.39 is 0 Å². The lowest BCUT2D eigenvalue weighted by molar-refractivity contribution is 0.0786. The number of aliphatic hydroxyl groups is 1. The van der Waals surface area contributed by atoms with Gasteiger partial charge in [0.25, 0.3) is 5.91 Å². The highest BCUT2D eigenvalue weighted by atomic mass is 16.5. The van der Waals surface area contributed by atoms with Crippen molar-refractivity contribution in [1.29, 1.82) is 0 Å². The molecule has 5 heteroatoms. The molecule has 0 radical (unpaired) electrons. The molecule has 2 N–H and O–H groups in total. The van der Waals surface area contributed by atoms with Gasteiger partial charge in [-0.2, -0.15) is 0 Å². The smallest absolute Gasteiger partial charge is 0.253 e. The Bertz CT molecular complexity index is 392. The summed E-state index contributed by atoms with van der Waals surface area (Å²) < 4.78 is 4.90. The van der Waals surface area contributed by atoms with Crippen LogP contribution in [0.4, 0.5) is 0 Å². The van der Waals surface area contributed by atoms with Gasteiger partial charge < -0.3 is 19.8 Å². The normalized spacial score (nSPS) is 10.1. The van der Waals surface area contributed by atoms with Crippen LogP contribution in [0, 0.1) is 0 Å². The van der Waals surface area contributed by atoms with Crippen LogP contribution in [0.25, 0.3) is 0 Å². The molecule has 1 aromatic rings. The summed E-state index contributed by atoms with van der Waals surface area (Å²) in [4.78, 5) is 13.4. The number of phenolic OH excluding ortho intramolecular Hbond substituents is 1. The molecule has 0 aliphatic rings. The highest BCUT2D eigenvalue weighted by Gasteiger charge is 2.13. The third-order valence-corrected chi connectivity index (χ3v) is 2.42. The Hall–Kier alpha value is -1.75. The van der Waals surface area contributed by atoms with Crippen LogP contribution in [0.3, 0.4) is 0 Å². The van der Waals surface area contributed by atoms with Gasteiger partial charge in [-0.1, -0.05) is 0 Å². The number of carbonyl (C=O) groups excluding carboxylic acids is 1. The maximum atomic E-state index is 11.9. The molecule has 1 aromatic carbocycles. The van der Waals surface area contributed by atoms with E-state index in [9.17, 15) is 9.90 Å². The van der Waals surface area contributed by atoms with Gasteiger partial charge in [-0.3, -0.25) is 4.79 Å². The number of rotatable bonds is 5. The summed E-state index contributed by atoms with van der Waals surface area (Å²) in [5, 5.41) is 18.2. The standard InChI is InChI=1S/C12H17NO4/c1-13(6-3-7-14)12(16)9-4-5-11(17-2)10(15)8-9/h4-5,8,14-15H,3,6-7H2,1-2H3. The number of hydrogen-bond donors (Lipinski definition) is 2. The number of aliphatic hydroxyl groups excluding tert-OH is 1. The summed E-state index contributed by atoms with van der Waals surface area (Å²) in [6.45, 7) is 0.521. The Labute approximate surface area is 100 Å². The van der Waals surface area contributed by atoms with E-state index in [4.69, 9.17) is 9.84 Å². The molecule has 0 heterocycles. The third-order valence-electron chi connectivity index (χ3n) is 2.42. The lowest BCUT2D eigenvalue weighted by atomic mass is 10.1. The van der Waals surface area contributed by atoms with Gasteiger partial charge in [0.05, 0.1) is 7.11 Å². The summed E-state index contributed by atoms with van der Waals surface area (Å²) in [5.74, 6) is 0.0740. The van der Waals surface area contributed by atoms with Crippen molar-refractivity contribution >= 4 is 5.91 Å². The van der Waals surface area contributed by atoms with Crippen molar-refractivity contribution in [2.75, 3.05) is 27.3 Å². The fraction of sp³-hybridized carbons (Fsp3) is 0.417. The molecule has 1 amide bonds. The van der Waals surface area contributed by atoms with Gasteiger partial charge in [-0.15, -0.1) is 0 Å². The van der Waals surface area contributed by atoms with Crippen LogP contribution in [0.1, 0.15) is 16.8 Å². The van der Waals surface area contributed by atoms with E-state index in [1.54, 1.807) is 19.2 Å². The van der Waals surface area contributed by atoms with Crippen LogP contribution in [-0.2, 0) is 0 Å². The molecule has 5 nitrogen and oxygen atoms in total. The lowest BCUT2D eigenvalue weighted by Gasteiger charge is -2.16. The third kappa shape index (κ3) is 3.35. The van der Waals surface area contributed by atoms with Crippen LogP contribution in [0.2, 0.25) is 0 Å². The van der Waals surface area contributed by atoms with Gasteiger partial charge in [-0.05, 0) is 24.6 Å². The fourth-order valence-electron chi connectivity index (χ4n) is 1.45. The number of phenols is 1. The molecule has 0 unspecified atom stereocenters. The van der Waals surface area contributed by atoms with Crippen molar-refractivity contribution in [2.24, 2.45) is 0 Å². The minimum Gasteiger partial charge on any atom is -0.504 e. The first-order chi connectivity index (χ1) is 8.10. The topological polar surface area (TPSA) is 70.0 Å².